The second-order valence-electron chi connectivity index (χ2n) is 4.41. The number of oxazole rings is 1. The van der Waals surface area contributed by atoms with E-state index in [0.29, 0.717) is 11.7 Å². The summed E-state index contributed by atoms with van der Waals surface area (Å²) in [6.07, 6.45) is 1.58. The molecule has 0 aliphatic carbocycles. The van der Waals surface area contributed by atoms with Crippen molar-refractivity contribution in [1.82, 2.24) is 4.98 Å². The summed E-state index contributed by atoms with van der Waals surface area (Å²) in [6, 6.07) is 0. The Morgan fingerprint density at radius 1 is 1.54 bits per heavy atom. The van der Waals surface area contributed by atoms with Crippen molar-refractivity contribution in [3.05, 3.63) is 17.8 Å². The first kappa shape index (κ1) is 10.3. The maximum atomic E-state index is 8.80. The molecule has 0 radical (unpaired) electrons. The van der Waals surface area contributed by atoms with Crippen molar-refractivity contribution in [1.29, 1.82) is 0 Å². The summed E-state index contributed by atoms with van der Waals surface area (Å²) in [5.41, 5.74) is 0.136. The highest BCUT2D eigenvalue weighted by Crippen LogP contribution is 2.33. The second-order valence-corrected chi connectivity index (χ2v) is 4.41. The van der Waals surface area contributed by atoms with Gasteiger partial charge in [-0.15, -0.1) is 0 Å². The van der Waals surface area contributed by atoms with Crippen LogP contribution in [0.1, 0.15) is 45.3 Å². The van der Waals surface area contributed by atoms with Crippen LogP contribution in [-0.2, 0) is 6.61 Å². The van der Waals surface area contributed by atoms with Gasteiger partial charge in [0.05, 0.1) is 6.20 Å². The Bertz CT molecular complexity index is 273. The van der Waals surface area contributed by atoms with Gasteiger partial charge in [0.2, 0.25) is 0 Å². The third-order valence-electron chi connectivity index (χ3n) is 2.40. The highest BCUT2D eigenvalue weighted by atomic mass is 16.4. The largest absolute Gasteiger partial charge is 0.443 e. The van der Waals surface area contributed by atoms with Crippen LogP contribution in [0.5, 0.6) is 0 Å². The van der Waals surface area contributed by atoms with Gasteiger partial charge in [0.1, 0.15) is 12.4 Å². The summed E-state index contributed by atoms with van der Waals surface area (Å²) in [4.78, 5) is 4.13. The van der Waals surface area contributed by atoms with E-state index in [4.69, 9.17) is 9.52 Å². The van der Waals surface area contributed by atoms with Crippen LogP contribution in [0.25, 0.3) is 0 Å². The van der Waals surface area contributed by atoms with Crippen LogP contribution < -0.4 is 0 Å². The Hall–Kier alpha value is -0.830. The Morgan fingerprint density at radius 2 is 2.15 bits per heavy atom. The van der Waals surface area contributed by atoms with Crippen molar-refractivity contribution in [2.75, 3.05) is 0 Å². The minimum atomic E-state index is -0.0795. The van der Waals surface area contributed by atoms with Gasteiger partial charge in [-0.3, -0.25) is 0 Å². The summed E-state index contributed by atoms with van der Waals surface area (Å²) in [6.45, 7) is 8.41. The molecule has 1 unspecified atom stereocenters. The molecule has 0 fully saturated rings. The molecule has 0 aliphatic rings. The maximum absolute atomic E-state index is 8.80. The maximum Gasteiger partial charge on any atom is 0.197 e. The zero-order valence-electron chi connectivity index (χ0n) is 8.66. The molecule has 0 saturated carbocycles. The van der Waals surface area contributed by atoms with E-state index in [-0.39, 0.29) is 17.9 Å². The molecule has 1 aromatic heterocycles. The molecule has 0 spiro atoms. The number of rotatable bonds is 2. The van der Waals surface area contributed by atoms with Gasteiger partial charge in [0.15, 0.2) is 5.89 Å². The molecule has 13 heavy (non-hydrogen) atoms. The summed E-state index contributed by atoms with van der Waals surface area (Å²) >= 11 is 0. The smallest absolute Gasteiger partial charge is 0.197 e. The average molecular weight is 183 g/mol. The van der Waals surface area contributed by atoms with Gasteiger partial charge < -0.3 is 9.52 Å². The number of hydrogen-bond donors (Lipinski definition) is 1. The van der Waals surface area contributed by atoms with Gasteiger partial charge in [0.25, 0.3) is 0 Å². The molecule has 0 amide bonds. The third kappa shape index (κ3) is 2.31. The summed E-state index contributed by atoms with van der Waals surface area (Å²) in [5, 5.41) is 8.80. The molecule has 0 aliphatic heterocycles. The molecule has 74 valence electrons. The van der Waals surface area contributed by atoms with Crippen molar-refractivity contribution < 1.29 is 9.52 Å². The fraction of sp³-hybridized carbons (Fsp3) is 0.700. The number of aliphatic hydroxyl groups is 1. The van der Waals surface area contributed by atoms with Crippen LogP contribution >= 0.6 is 0 Å². The molecule has 3 nitrogen and oxygen atoms in total. The van der Waals surface area contributed by atoms with Crippen molar-refractivity contribution in [2.24, 2.45) is 5.41 Å². The topological polar surface area (TPSA) is 46.3 Å². The minimum absolute atomic E-state index is 0.0795. The van der Waals surface area contributed by atoms with Crippen molar-refractivity contribution in [2.45, 2.75) is 40.2 Å². The van der Waals surface area contributed by atoms with Gasteiger partial charge in [0, 0.05) is 5.92 Å². The van der Waals surface area contributed by atoms with Crippen LogP contribution in [0.15, 0.2) is 10.6 Å². The monoisotopic (exact) mass is 183 g/mol. The number of aliphatic hydroxyl groups excluding tert-OH is 1. The first-order chi connectivity index (χ1) is 5.95. The van der Waals surface area contributed by atoms with Gasteiger partial charge in [-0.2, -0.15) is 0 Å². The van der Waals surface area contributed by atoms with Gasteiger partial charge in [-0.25, -0.2) is 4.98 Å². The Labute approximate surface area is 78.8 Å². The molecule has 1 atom stereocenters. The van der Waals surface area contributed by atoms with Crippen LogP contribution in [0.3, 0.4) is 0 Å². The lowest BCUT2D eigenvalue weighted by Gasteiger charge is -2.24. The quantitative estimate of drug-likeness (QED) is 0.765. The number of hydrogen-bond acceptors (Lipinski definition) is 3. The summed E-state index contributed by atoms with van der Waals surface area (Å²) in [7, 11) is 0. The van der Waals surface area contributed by atoms with Crippen molar-refractivity contribution in [3.63, 3.8) is 0 Å². The van der Waals surface area contributed by atoms with Gasteiger partial charge in [-0.05, 0) is 5.41 Å². The van der Waals surface area contributed by atoms with Gasteiger partial charge >= 0.3 is 0 Å². The average Bonchev–Trinajstić information content (AvgIpc) is 2.48. The molecule has 0 aromatic carbocycles. The lowest BCUT2D eigenvalue weighted by atomic mass is 9.82. The molecule has 1 rings (SSSR count). The predicted molar refractivity (Wildman–Crippen MR) is 50.3 cm³/mol. The van der Waals surface area contributed by atoms with E-state index in [1.807, 2.05) is 0 Å². The molecule has 1 heterocycles. The van der Waals surface area contributed by atoms with E-state index in [2.05, 4.69) is 32.7 Å². The Balaban J connectivity index is 2.83. The van der Waals surface area contributed by atoms with Crippen LogP contribution in [0.4, 0.5) is 0 Å². The first-order valence-corrected chi connectivity index (χ1v) is 4.50. The van der Waals surface area contributed by atoms with E-state index < -0.39 is 0 Å². The molecule has 0 saturated heterocycles. The lowest BCUT2D eigenvalue weighted by Crippen LogP contribution is -2.15. The number of aromatic nitrogens is 1. The van der Waals surface area contributed by atoms with Crippen LogP contribution in [-0.4, -0.2) is 10.1 Å². The minimum Gasteiger partial charge on any atom is -0.443 e. The molecule has 1 N–H and O–H groups in total. The van der Waals surface area contributed by atoms with E-state index in [1.165, 1.54) is 0 Å². The van der Waals surface area contributed by atoms with E-state index >= 15 is 0 Å². The van der Waals surface area contributed by atoms with Gasteiger partial charge in [-0.1, -0.05) is 27.7 Å². The molecular weight excluding hydrogens is 166 g/mol. The molecule has 3 heteroatoms. The third-order valence-corrected chi connectivity index (χ3v) is 2.40. The Morgan fingerprint density at radius 3 is 2.54 bits per heavy atom. The SMILES string of the molecule is CC(c1ncc(CO)o1)C(C)(C)C. The van der Waals surface area contributed by atoms with Crippen LogP contribution in [0.2, 0.25) is 0 Å². The zero-order chi connectivity index (χ0) is 10.1. The van der Waals surface area contributed by atoms with E-state index in [0.717, 1.165) is 0 Å². The molecular formula is C10H17NO2. The summed E-state index contributed by atoms with van der Waals surface area (Å²) in [5.74, 6) is 1.50. The fourth-order valence-electron chi connectivity index (χ4n) is 0.966. The van der Waals surface area contributed by atoms with E-state index in [1.54, 1.807) is 6.20 Å². The zero-order valence-corrected chi connectivity index (χ0v) is 8.66. The normalized spacial score (nSPS) is 14.5. The number of nitrogens with zero attached hydrogens (tertiary/aromatic N) is 1. The lowest BCUT2D eigenvalue weighted by molar-refractivity contribution is 0.228. The predicted octanol–water partition coefficient (Wildman–Crippen LogP) is 2.32. The molecule has 1 aromatic rings. The van der Waals surface area contributed by atoms with E-state index in [9.17, 15) is 0 Å². The van der Waals surface area contributed by atoms with Crippen molar-refractivity contribution >= 4 is 0 Å². The standard InChI is InChI=1S/C10H17NO2/c1-7(10(2,3)4)9-11-5-8(6-12)13-9/h5,7,12H,6H2,1-4H3. The fourth-order valence-corrected chi connectivity index (χ4v) is 0.966. The van der Waals surface area contributed by atoms with Crippen molar-refractivity contribution in [3.8, 4) is 0 Å². The van der Waals surface area contributed by atoms with Crippen LogP contribution in [0, 0.1) is 5.41 Å². The second kappa shape index (κ2) is 3.50. The highest BCUT2D eigenvalue weighted by Gasteiger charge is 2.25. The summed E-state index contributed by atoms with van der Waals surface area (Å²) < 4.78 is 5.36. The molecule has 0 bridgehead atoms. The first-order valence-electron chi connectivity index (χ1n) is 4.50. The Kier molecular flexibility index (Phi) is 2.76. The highest BCUT2D eigenvalue weighted by molar-refractivity contribution is 5.00.